The second kappa shape index (κ2) is 17.0. The van der Waals surface area contributed by atoms with Gasteiger partial charge in [-0.15, -0.1) is 0 Å². The van der Waals surface area contributed by atoms with Crippen LogP contribution in [0.3, 0.4) is 0 Å². The summed E-state index contributed by atoms with van der Waals surface area (Å²) in [5.74, 6) is 1.27. The van der Waals surface area contributed by atoms with Crippen LogP contribution in [0, 0.1) is 13.8 Å². The highest BCUT2D eigenvalue weighted by Gasteiger charge is 2.05. The van der Waals surface area contributed by atoms with Gasteiger partial charge in [0.15, 0.2) is 0 Å². The fourth-order valence-electron chi connectivity index (χ4n) is 3.27. The van der Waals surface area contributed by atoms with Crippen LogP contribution < -0.4 is 27.4 Å². The van der Waals surface area contributed by atoms with Crippen LogP contribution in [0.1, 0.15) is 17.8 Å². The molecule has 12 nitrogen and oxygen atoms in total. The summed E-state index contributed by atoms with van der Waals surface area (Å²) in [4.78, 5) is 24.7. The van der Waals surface area contributed by atoms with Crippen molar-refractivity contribution in [2.45, 2.75) is 20.3 Å². The number of aliphatic imine (C=N–C) groups is 2. The lowest BCUT2D eigenvalue weighted by Gasteiger charge is -2.08. The van der Waals surface area contributed by atoms with Crippen LogP contribution in [0.5, 0.6) is 0 Å². The number of hydrogen-bond acceptors (Lipinski definition) is 8. The Kier molecular flexibility index (Phi) is 13.5. The highest BCUT2D eigenvalue weighted by Crippen LogP contribution is 2.26. The molecular weight excluding hydrogens is 672 g/mol. The molecular formula is C27H28Cl5N11O. The minimum atomic E-state index is 0.114. The third kappa shape index (κ3) is 11.8. The predicted octanol–water partition coefficient (Wildman–Crippen LogP) is 6.75. The summed E-state index contributed by atoms with van der Waals surface area (Å²) >= 11 is 29.4. The number of nitrogens with one attached hydrogen (secondary N) is 3. The molecule has 2 aromatic heterocycles. The zero-order valence-corrected chi connectivity index (χ0v) is 27.2. The number of aryl methyl sites for hydroxylation is 2. The summed E-state index contributed by atoms with van der Waals surface area (Å²) < 4.78 is 0. The molecule has 0 amide bonds. The van der Waals surface area contributed by atoms with Crippen LogP contribution in [-0.4, -0.2) is 50.1 Å². The van der Waals surface area contributed by atoms with Gasteiger partial charge in [-0.05, 0) is 62.7 Å². The van der Waals surface area contributed by atoms with E-state index >= 15 is 0 Å². The first-order chi connectivity index (χ1) is 20.9. The number of benzene rings is 2. The van der Waals surface area contributed by atoms with Crippen molar-refractivity contribution in [2.24, 2.45) is 21.5 Å². The number of aromatic nitrogens is 4. The molecule has 0 aliphatic heterocycles. The number of nitrogens with two attached hydrogens (primary N) is 2. The summed E-state index contributed by atoms with van der Waals surface area (Å²) in [6, 6.07) is 13.5. The van der Waals surface area contributed by atoms with Gasteiger partial charge >= 0.3 is 0 Å². The summed E-state index contributed by atoms with van der Waals surface area (Å²) in [6.07, 6.45) is 0.628. The average molecular weight is 700 g/mol. The van der Waals surface area contributed by atoms with Crippen molar-refractivity contribution in [3.8, 4) is 0 Å². The molecule has 17 heteroatoms. The second-order valence-corrected chi connectivity index (χ2v) is 10.8. The van der Waals surface area contributed by atoms with E-state index < -0.39 is 0 Å². The predicted molar refractivity (Wildman–Crippen MR) is 181 cm³/mol. The molecule has 0 aliphatic rings. The average Bonchev–Trinajstić information content (AvgIpc) is 2.92. The minimum Gasteiger partial charge on any atom is -0.396 e. The van der Waals surface area contributed by atoms with Gasteiger partial charge in [0.25, 0.3) is 11.9 Å². The smallest absolute Gasteiger partial charge is 0.254 e. The third-order valence-corrected chi connectivity index (χ3v) is 6.79. The molecule has 44 heavy (non-hydrogen) atoms. The summed E-state index contributed by atoms with van der Waals surface area (Å²) in [7, 11) is 0. The Balaban J connectivity index is 0.000000244. The van der Waals surface area contributed by atoms with E-state index in [0.717, 1.165) is 5.69 Å². The molecule has 2 heterocycles. The van der Waals surface area contributed by atoms with Gasteiger partial charge in [0.2, 0.25) is 11.9 Å². The molecule has 0 unspecified atom stereocenters. The lowest BCUT2D eigenvalue weighted by Crippen LogP contribution is -2.22. The number of rotatable bonds is 8. The maximum atomic E-state index is 8.81. The third-order valence-electron chi connectivity index (χ3n) is 5.12. The van der Waals surface area contributed by atoms with Crippen molar-refractivity contribution in [1.29, 1.82) is 0 Å². The van der Waals surface area contributed by atoms with Crippen molar-refractivity contribution in [3.05, 3.63) is 85.2 Å². The molecule has 2 aromatic carbocycles. The number of aliphatic hydroxyl groups excluding tert-OH is 1. The van der Waals surface area contributed by atoms with Gasteiger partial charge in [-0.1, -0.05) is 58.0 Å². The van der Waals surface area contributed by atoms with Gasteiger partial charge in [-0.2, -0.15) is 20.0 Å². The molecule has 8 N–H and O–H groups in total. The van der Waals surface area contributed by atoms with Gasteiger partial charge in [0, 0.05) is 42.0 Å². The minimum absolute atomic E-state index is 0.114. The highest BCUT2D eigenvalue weighted by molar-refractivity contribution is 6.42. The molecule has 0 saturated carbocycles. The first-order valence-electron chi connectivity index (χ1n) is 12.8. The number of nitrogens with zero attached hydrogens (tertiary/aromatic N) is 6. The Morgan fingerprint density at radius 2 is 1.20 bits per heavy atom. The van der Waals surface area contributed by atoms with Crippen molar-refractivity contribution in [2.75, 3.05) is 29.1 Å². The van der Waals surface area contributed by atoms with Gasteiger partial charge < -0.3 is 32.5 Å². The van der Waals surface area contributed by atoms with Crippen molar-refractivity contribution >= 4 is 99.0 Å². The number of aliphatic hydroxyl groups is 1. The first kappa shape index (κ1) is 34.8. The fourth-order valence-corrected chi connectivity index (χ4v) is 4.10. The van der Waals surface area contributed by atoms with E-state index in [4.69, 9.17) is 74.6 Å². The summed E-state index contributed by atoms with van der Waals surface area (Å²) in [5.41, 5.74) is 14.4. The number of anilines is 3. The molecule has 4 aromatic rings. The molecule has 0 bridgehead atoms. The lowest BCUT2D eigenvalue weighted by atomic mass is 10.3. The zero-order valence-electron chi connectivity index (χ0n) is 23.4. The zero-order chi connectivity index (χ0) is 32.2. The van der Waals surface area contributed by atoms with Crippen LogP contribution in [0.2, 0.25) is 25.2 Å². The standard InChI is InChI=1S/C15H18Cl2N6O.C12H10Cl3N5/c1-9-7-13(19-5-2-6-24)22-15(20-9)23-14(18)21-10-3-4-11(16)12(17)8-10;1-6-4-10(15)19-12(17-6)20-11(16)18-7-2-3-8(13)9(14)5-7/h3-4,7-8,24H,2,5-6H2,1H3,(H4,18,19,20,21,22,23);2-5H,1H3,(H3,16,17,18,19,20). The van der Waals surface area contributed by atoms with Gasteiger partial charge in [-0.25, -0.2) is 9.97 Å². The Hall–Kier alpha value is -3.65. The van der Waals surface area contributed by atoms with Crippen LogP contribution in [0.15, 0.2) is 58.5 Å². The normalized spacial score (nSPS) is 11.5. The van der Waals surface area contributed by atoms with E-state index in [1.807, 2.05) is 6.92 Å². The van der Waals surface area contributed by atoms with E-state index in [9.17, 15) is 0 Å². The van der Waals surface area contributed by atoms with E-state index in [-0.39, 0.29) is 30.4 Å². The van der Waals surface area contributed by atoms with Gasteiger partial charge in [-0.3, -0.25) is 0 Å². The Morgan fingerprint density at radius 1 is 0.705 bits per heavy atom. The lowest BCUT2D eigenvalue weighted by molar-refractivity contribution is 0.292. The van der Waals surface area contributed by atoms with Crippen LogP contribution in [-0.2, 0) is 0 Å². The van der Waals surface area contributed by atoms with E-state index in [1.165, 1.54) is 0 Å². The largest absolute Gasteiger partial charge is 0.396 e. The van der Waals surface area contributed by atoms with E-state index in [1.54, 1.807) is 55.5 Å². The maximum Gasteiger partial charge on any atom is 0.254 e. The number of halogens is 5. The second-order valence-electron chi connectivity index (χ2n) is 8.83. The van der Waals surface area contributed by atoms with Crippen molar-refractivity contribution in [1.82, 2.24) is 19.9 Å². The molecule has 0 saturated heterocycles. The highest BCUT2D eigenvalue weighted by atomic mass is 35.5. The summed E-state index contributed by atoms with van der Waals surface area (Å²) in [6.45, 7) is 4.34. The molecule has 0 radical (unpaired) electrons. The first-order valence-corrected chi connectivity index (χ1v) is 14.6. The molecule has 0 fully saturated rings. The SMILES string of the molecule is Cc1cc(Cl)nc(N=C(N)Nc2ccc(Cl)c(Cl)c2)n1.Cc1cc(NCCCO)nc(N=C(N)Nc2ccc(Cl)c(Cl)c2)n1. The number of guanidine groups is 2. The monoisotopic (exact) mass is 697 g/mol. The van der Waals surface area contributed by atoms with E-state index in [0.29, 0.717) is 61.1 Å². The van der Waals surface area contributed by atoms with Crippen molar-refractivity contribution < 1.29 is 5.11 Å². The van der Waals surface area contributed by atoms with E-state index in [2.05, 4.69) is 45.9 Å². The molecule has 0 atom stereocenters. The Labute approximate surface area is 278 Å². The maximum absolute atomic E-state index is 8.81. The molecule has 232 valence electrons. The van der Waals surface area contributed by atoms with Crippen LogP contribution in [0.4, 0.5) is 29.1 Å². The molecule has 4 rings (SSSR count). The van der Waals surface area contributed by atoms with Crippen LogP contribution >= 0.6 is 58.0 Å². The Morgan fingerprint density at radius 3 is 1.68 bits per heavy atom. The van der Waals surface area contributed by atoms with Crippen LogP contribution in [0.25, 0.3) is 0 Å². The van der Waals surface area contributed by atoms with Gasteiger partial charge in [0.1, 0.15) is 11.0 Å². The molecule has 0 spiro atoms. The Bertz CT molecular complexity index is 1630. The van der Waals surface area contributed by atoms with Crippen molar-refractivity contribution in [3.63, 3.8) is 0 Å². The topological polar surface area (TPSA) is 185 Å². The van der Waals surface area contributed by atoms with Gasteiger partial charge in [0.05, 0.1) is 20.1 Å². The summed E-state index contributed by atoms with van der Waals surface area (Å²) in [5, 5.41) is 19.7. The molecule has 0 aliphatic carbocycles. The number of hydrogen-bond donors (Lipinski definition) is 6. The fraction of sp³-hybridized carbons (Fsp3) is 0.185. The quantitative estimate of drug-likeness (QED) is 0.0498.